The Morgan fingerprint density at radius 2 is 1.75 bits per heavy atom. The third-order valence-corrected chi connectivity index (χ3v) is 5.78. The number of aromatic nitrogens is 2. The molecule has 144 valence electrons. The summed E-state index contributed by atoms with van der Waals surface area (Å²) in [5.74, 6) is 0.806. The van der Waals surface area contributed by atoms with Crippen molar-refractivity contribution in [3.8, 4) is 0 Å². The fourth-order valence-corrected chi connectivity index (χ4v) is 4.19. The topological polar surface area (TPSA) is 61.4 Å². The number of hydrogen-bond acceptors (Lipinski definition) is 6. The number of piperazine rings is 1. The standard InChI is InChI=1S/C21H23N5OS/c27-19(16-25-11-13-26(14-12-25)21-22-9-5-10-23-21)24-20(18-8-4-15-28-18)17-6-2-1-3-7-17/h1-10,15,20H,11-14,16H2,(H,24,27)/t20-/m1/s1. The highest BCUT2D eigenvalue weighted by Gasteiger charge is 2.23. The van der Waals surface area contributed by atoms with E-state index in [4.69, 9.17) is 0 Å². The Hall–Kier alpha value is -2.77. The highest BCUT2D eigenvalue weighted by atomic mass is 32.1. The molecule has 1 atom stereocenters. The smallest absolute Gasteiger partial charge is 0.234 e. The molecule has 3 aromatic rings. The van der Waals surface area contributed by atoms with Gasteiger partial charge in [0.15, 0.2) is 0 Å². The number of anilines is 1. The first-order chi connectivity index (χ1) is 13.8. The molecule has 0 spiro atoms. The Labute approximate surface area is 168 Å². The number of nitrogens with one attached hydrogen (secondary N) is 1. The Morgan fingerprint density at radius 1 is 1.00 bits per heavy atom. The van der Waals surface area contributed by atoms with Gasteiger partial charge in [0.1, 0.15) is 0 Å². The van der Waals surface area contributed by atoms with Crippen LogP contribution < -0.4 is 10.2 Å². The van der Waals surface area contributed by atoms with Crippen molar-refractivity contribution in [1.29, 1.82) is 0 Å². The van der Waals surface area contributed by atoms with E-state index in [1.807, 2.05) is 35.7 Å². The van der Waals surface area contributed by atoms with E-state index in [2.05, 4.69) is 43.3 Å². The Morgan fingerprint density at radius 3 is 2.43 bits per heavy atom. The lowest BCUT2D eigenvalue weighted by Crippen LogP contribution is -2.50. The van der Waals surface area contributed by atoms with E-state index in [-0.39, 0.29) is 11.9 Å². The second-order valence-electron chi connectivity index (χ2n) is 6.74. The van der Waals surface area contributed by atoms with Crippen molar-refractivity contribution in [3.05, 3.63) is 76.7 Å². The monoisotopic (exact) mass is 393 g/mol. The predicted molar refractivity (Wildman–Crippen MR) is 111 cm³/mol. The molecule has 7 heteroatoms. The lowest BCUT2D eigenvalue weighted by Gasteiger charge is -2.34. The van der Waals surface area contributed by atoms with Gasteiger partial charge in [0.25, 0.3) is 0 Å². The molecule has 1 amide bonds. The molecule has 0 saturated carbocycles. The first kappa shape index (κ1) is 18.6. The van der Waals surface area contributed by atoms with Crippen molar-refractivity contribution in [3.63, 3.8) is 0 Å². The summed E-state index contributed by atoms with van der Waals surface area (Å²) in [6.07, 6.45) is 3.52. The molecule has 0 bridgehead atoms. The molecular formula is C21H23N5OS. The lowest BCUT2D eigenvalue weighted by molar-refractivity contribution is -0.122. The second-order valence-corrected chi connectivity index (χ2v) is 7.72. The molecule has 1 saturated heterocycles. The van der Waals surface area contributed by atoms with E-state index in [9.17, 15) is 4.79 Å². The van der Waals surface area contributed by atoms with Gasteiger partial charge >= 0.3 is 0 Å². The molecule has 1 aliphatic heterocycles. The zero-order valence-corrected chi connectivity index (χ0v) is 16.4. The van der Waals surface area contributed by atoms with Gasteiger partial charge in [-0.3, -0.25) is 9.69 Å². The van der Waals surface area contributed by atoms with E-state index in [0.717, 1.165) is 42.6 Å². The van der Waals surface area contributed by atoms with Crippen molar-refractivity contribution >= 4 is 23.2 Å². The first-order valence-electron chi connectivity index (χ1n) is 9.41. The summed E-state index contributed by atoms with van der Waals surface area (Å²) in [6.45, 7) is 3.69. The summed E-state index contributed by atoms with van der Waals surface area (Å²) in [5, 5.41) is 5.26. The fraction of sp³-hybridized carbons (Fsp3) is 0.286. The average Bonchev–Trinajstić information content (AvgIpc) is 3.28. The number of benzene rings is 1. The van der Waals surface area contributed by atoms with Crippen molar-refractivity contribution < 1.29 is 4.79 Å². The summed E-state index contributed by atoms with van der Waals surface area (Å²) in [6, 6.07) is 15.9. The molecule has 0 aliphatic carbocycles. The van der Waals surface area contributed by atoms with E-state index in [1.54, 1.807) is 23.7 Å². The van der Waals surface area contributed by atoms with Crippen LogP contribution in [-0.2, 0) is 4.79 Å². The maximum absolute atomic E-state index is 12.8. The van der Waals surface area contributed by atoms with Crippen LogP contribution in [0.5, 0.6) is 0 Å². The Bertz CT molecular complexity index is 864. The van der Waals surface area contributed by atoms with E-state index >= 15 is 0 Å². The van der Waals surface area contributed by atoms with Crippen LogP contribution in [-0.4, -0.2) is 53.5 Å². The van der Waals surface area contributed by atoms with Crippen molar-refractivity contribution in [1.82, 2.24) is 20.2 Å². The predicted octanol–water partition coefficient (Wildman–Crippen LogP) is 2.57. The molecule has 1 fully saturated rings. The average molecular weight is 394 g/mol. The molecule has 28 heavy (non-hydrogen) atoms. The zero-order valence-electron chi connectivity index (χ0n) is 15.6. The van der Waals surface area contributed by atoms with Crippen LogP contribution in [0, 0.1) is 0 Å². The molecular weight excluding hydrogens is 370 g/mol. The Balaban J connectivity index is 1.35. The quantitative estimate of drug-likeness (QED) is 0.697. The molecule has 0 unspecified atom stereocenters. The van der Waals surface area contributed by atoms with Gasteiger partial charge < -0.3 is 10.2 Å². The summed E-state index contributed by atoms with van der Waals surface area (Å²) >= 11 is 1.66. The second kappa shape index (κ2) is 8.95. The van der Waals surface area contributed by atoms with Crippen LogP contribution in [0.25, 0.3) is 0 Å². The largest absolute Gasteiger partial charge is 0.343 e. The SMILES string of the molecule is O=C(CN1CCN(c2ncccn2)CC1)N[C@H](c1ccccc1)c1cccs1. The van der Waals surface area contributed by atoms with Crippen molar-refractivity contribution in [2.75, 3.05) is 37.6 Å². The van der Waals surface area contributed by atoms with Crippen molar-refractivity contribution in [2.24, 2.45) is 0 Å². The summed E-state index contributed by atoms with van der Waals surface area (Å²) in [7, 11) is 0. The van der Waals surface area contributed by atoms with Gasteiger partial charge in [0.05, 0.1) is 12.6 Å². The molecule has 6 nitrogen and oxygen atoms in total. The van der Waals surface area contributed by atoms with Crippen LogP contribution in [0.1, 0.15) is 16.5 Å². The van der Waals surface area contributed by atoms with Crippen molar-refractivity contribution in [2.45, 2.75) is 6.04 Å². The number of carbonyl (C=O) groups excluding carboxylic acids is 1. The van der Waals surface area contributed by atoms with Gasteiger partial charge in [-0.25, -0.2) is 9.97 Å². The van der Waals surface area contributed by atoms with Crippen LogP contribution >= 0.6 is 11.3 Å². The highest BCUT2D eigenvalue weighted by Crippen LogP contribution is 2.25. The highest BCUT2D eigenvalue weighted by molar-refractivity contribution is 7.10. The minimum absolute atomic E-state index is 0.0478. The number of nitrogens with zero attached hydrogens (tertiary/aromatic N) is 4. The minimum atomic E-state index is -0.104. The number of thiophene rings is 1. The number of carbonyl (C=O) groups is 1. The number of amides is 1. The molecule has 1 aromatic carbocycles. The zero-order chi connectivity index (χ0) is 19.2. The minimum Gasteiger partial charge on any atom is -0.343 e. The maximum atomic E-state index is 12.8. The van der Waals surface area contributed by atoms with Crippen LogP contribution in [0.4, 0.5) is 5.95 Å². The van der Waals surface area contributed by atoms with Gasteiger partial charge in [-0.2, -0.15) is 0 Å². The third-order valence-electron chi connectivity index (χ3n) is 4.84. The first-order valence-corrected chi connectivity index (χ1v) is 10.3. The maximum Gasteiger partial charge on any atom is 0.234 e. The molecule has 2 aromatic heterocycles. The molecule has 1 N–H and O–H groups in total. The van der Waals surface area contributed by atoms with E-state index in [1.165, 1.54) is 0 Å². The van der Waals surface area contributed by atoms with Gasteiger partial charge in [-0.05, 0) is 23.1 Å². The van der Waals surface area contributed by atoms with E-state index in [0.29, 0.717) is 6.54 Å². The van der Waals surface area contributed by atoms with Crippen LogP contribution in [0.3, 0.4) is 0 Å². The fourth-order valence-electron chi connectivity index (χ4n) is 3.39. The van der Waals surface area contributed by atoms with Crippen LogP contribution in [0.2, 0.25) is 0 Å². The summed E-state index contributed by atoms with van der Waals surface area (Å²) < 4.78 is 0. The van der Waals surface area contributed by atoms with Gasteiger partial charge in [-0.1, -0.05) is 36.4 Å². The Kier molecular flexibility index (Phi) is 5.94. The van der Waals surface area contributed by atoms with Gasteiger partial charge in [-0.15, -0.1) is 11.3 Å². The lowest BCUT2D eigenvalue weighted by atomic mass is 10.1. The normalized spacial score (nSPS) is 15.9. The molecule has 0 radical (unpaired) electrons. The summed E-state index contributed by atoms with van der Waals surface area (Å²) in [4.78, 5) is 26.9. The third kappa shape index (κ3) is 4.55. The molecule has 1 aliphatic rings. The molecule has 3 heterocycles. The summed E-state index contributed by atoms with van der Waals surface area (Å²) in [5.41, 5.74) is 1.10. The van der Waals surface area contributed by atoms with Gasteiger partial charge in [0.2, 0.25) is 11.9 Å². The molecule has 4 rings (SSSR count). The van der Waals surface area contributed by atoms with E-state index < -0.39 is 0 Å². The number of rotatable bonds is 6. The number of hydrogen-bond donors (Lipinski definition) is 1. The van der Waals surface area contributed by atoms with Gasteiger partial charge in [0, 0.05) is 43.4 Å². The van der Waals surface area contributed by atoms with Crippen LogP contribution in [0.15, 0.2) is 66.3 Å².